The van der Waals surface area contributed by atoms with Crippen LogP contribution in [0, 0.1) is 6.92 Å². The minimum absolute atomic E-state index is 0.420. The van der Waals surface area contributed by atoms with Gasteiger partial charge in [0, 0.05) is 6.07 Å². The lowest BCUT2D eigenvalue weighted by Gasteiger charge is -2.10. The molecule has 0 unspecified atom stereocenters. The van der Waals surface area contributed by atoms with Gasteiger partial charge in [-0.3, -0.25) is 4.57 Å². The Morgan fingerprint density at radius 3 is 2.41 bits per heavy atom. The van der Waals surface area contributed by atoms with E-state index in [1.807, 2.05) is 41.8 Å². The van der Waals surface area contributed by atoms with Gasteiger partial charge < -0.3 is 9.47 Å². The highest BCUT2D eigenvalue weighted by atomic mass is 16.5. The summed E-state index contributed by atoms with van der Waals surface area (Å²) in [6.45, 7) is 3.95. The van der Waals surface area contributed by atoms with Gasteiger partial charge in [0.15, 0.2) is 5.82 Å². The largest absolute Gasteiger partial charge is 0.481 e. The van der Waals surface area contributed by atoms with Crippen LogP contribution < -0.4 is 9.47 Å². The predicted molar refractivity (Wildman–Crippen MR) is 107 cm³/mol. The first-order valence-electron chi connectivity index (χ1n) is 9.20. The monoisotopic (exact) mass is 388 g/mol. The van der Waals surface area contributed by atoms with Crippen molar-refractivity contribution in [2.24, 2.45) is 0 Å². The first kappa shape index (κ1) is 18.5. The highest BCUT2D eigenvalue weighted by molar-refractivity contribution is 5.53. The lowest BCUT2D eigenvalue weighted by atomic mass is 10.1. The number of hydrogen-bond acceptors (Lipinski definition) is 7. The number of ether oxygens (including phenoxy) is 2. The molecule has 29 heavy (non-hydrogen) atoms. The number of para-hydroxylation sites is 1. The molecule has 4 rings (SSSR count). The molecule has 0 saturated carbocycles. The van der Waals surface area contributed by atoms with Gasteiger partial charge in [-0.15, -0.1) is 10.2 Å². The molecular formula is C21H20N6O2. The summed E-state index contributed by atoms with van der Waals surface area (Å²) in [5, 5.41) is 8.44. The number of hydrogen-bond donors (Lipinski definition) is 0. The summed E-state index contributed by atoms with van der Waals surface area (Å²) in [6.07, 6.45) is 5.79. The zero-order valence-corrected chi connectivity index (χ0v) is 16.4. The van der Waals surface area contributed by atoms with Gasteiger partial charge in [0.05, 0.1) is 31.4 Å². The molecule has 3 aromatic heterocycles. The first-order valence-corrected chi connectivity index (χ1v) is 9.20. The standard InChI is InChI=1S/C21H20N6O2/c1-4-15-7-5-6-8-18(15)29-20-13-22-17(12-24-20)21-26-25-14(2)27(21)16-9-10-19(28-3)23-11-16/h5-13H,4H2,1-3H3. The molecule has 0 bridgehead atoms. The van der Waals surface area contributed by atoms with Crippen molar-refractivity contribution in [2.45, 2.75) is 20.3 Å². The SMILES string of the molecule is CCc1ccccc1Oc1cnc(-c2nnc(C)n2-c2ccc(OC)nc2)cn1. The van der Waals surface area contributed by atoms with Crippen molar-refractivity contribution in [1.29, 1.82) is 0 Å². The van der Waals surface area contributed by atoms with Crippen LogP contribution in [0.2, 0.25) is 0 Å². The summed E-state index contributed by atoms with van der Waals surface area (Å²) in [7, 11) is 1.58. The topological polar surface area (TPSA) is 87.8 Å². The number of aryl methyl sites for hydroxylation is 2. The molecule has 0 atom stereocenters. The zero-order valence-electron chi connectivity index (χ0n) is 16.4. The van der Waals surface area contributed by atoms with Gasteiger partial charge in [-0.1, -0.05) is 25.1 Å². The molecule has 1 aromatic carbocycles. The summed E-state index contributed by atoms with van der Waals surface area (Å²) in [6, 6.07) is 11.6. The van der Waals surface area contributed by atoms with Crippen LogP contribution in [0.3, 0.4) is 0 Å². The third-order valence-electron chi connectivity index (χ3n) is 4.44. The Morgan fingerprint density at radius 1 is 0.897 bits per heavy atom. The van der Waals surface area contributed by atoms with Crippen molar-refractivity contribution in [3.05, 3.63) is 66.4 Å². The fourth-order valence-corrected chi connectivity index (χ4v) is 2.96. The third kappa shape index (κ3) is 3.77. The van der Waals surface area contributed by atoms with Crippen LogP contribution in [0.4, 0.5) is 0 Å². The van der Waals surface area contributed by atoms with E-state index in [0.717, 1.165) is 23.4 Å². The van der Waals surface area contributed by atoms with Gasteiger partial charge in [0.2, 0.25) is 11.8 Å². The van der Waals surface area contributed by atoms with E-state index in [9.17, 15) is 0 Å². The van der Waals surface area contributed by atoms with Crippen molar-refractivity contribution in [3.8, 4) is 34.7 Å². The van der Waals surface area contributed by atoms with Crippen LogP contribution in [0.15, 0.2) is 55.0 Å². The van der Waals surface area contributed by atoms with Crippen molar-refractivity contribution < 1.29 is 9.47 Å². The van der Waals surface area contributed by atoms with E-state index in [1.165, 1.54) is 0 Å². The number of pyridine rings is 1. The number of methoxy groups -OCH3 is 1. The van der Waals surface area contributed by atoms with Crippen LogP contribution in [-0.4, -0.2) is 36.8 Å². The molecule has 4 aromatic rings. The van der Waals surface area contributed by atoms with Crippen LogP contribution in [0.1, 0.15) is 18.3 Å². The molecule has 3 heterocycles. The van der Waals surface area contributed by atoms with E-state index in [-0.39, 0.29) is 0 Å². The average Bonchev–Trinajstić information content (AvgIpc) is 3.16. The van der Waals surface area contributed by atoms with Gasteiger partial charge in [-0.05, 0) is 31.0 Å². The Kier molecular flexibility index (Phi) is 5.15. The van der Waals surface area contributed by atoms with E-state index in [2.05, 4.69) is 32.1 Å². The van der Waals surface area contributed by atoms with Gasteiger partial charge in [0.1, 0.15) is 17.3 Å². The molecule has 0 N–H and O–H groups in total. The summed E-state index contributed by atoms with van der Waals surface area (Å²) in [5.41, 5.74) is 2.50. The highest BCUT2D eigenvalue weighted by Crippen LogP contribution is 2.26. The summed E-state index contributed by atoms with van der Waals surface area (Å²) in [5.74, 6) is 3.02. The molecule has 0 radical (unpaired) electrons. The Hall–Kier alpha value is -3.81. The maximum atomic E-state index is 5.90. The minimum Gasteiger partial charge on any atom is -0.481 e. The van der Waals surface area contributed by atoms with Gasteiger partial charge in [0.25, 0.3) is 0 Å². The van der Waals surface area contributed by atoms with Crippen LogP contribution in [0.5, 0.6) is 17.5 Å². The molecule has 146 valence electrons. The fourth-order valence-electron chi connectivity index (χ4n) is 2.96. The number of rotatable bonds is 6. The van der Waals surface area contributed by atoms with Crippen molar-refractivity contribution >= 4 is 0 Å². The summed E-state index contributed by atoms with van der Waals surface area (Å²) < 4.78 is 12.9. The molecule has 8 nitrogen and oxygen atoms in total. The quantitative estimate of drug-likeness (QED) is 0.496. The van der Waals surface area contributed by atoms with Crippen LogP contribution in [-0.2, 0) is 6.42 Å². The molecular weight excluding hydrogens is 368 g/mol. The normalized spacial score (nSPS) is 10.7. The summed E-state index contributed by atoms with van der Waals surface area (Å²) >= 11 is 0. The van der Waals surface area contributed by atoms with E-state index >= 15 is 0 Å². The van der Waals surface area contributed by atoms with Crippen molar-refractivity contribution in [2.75, 3.05) is 7.11 Å². The summed E-state index contributed by atoms with van der Waals surface area (Å²) in [4.78, 5) is 13.1. The molecule has 0 fully saturated rings. The van der Waals surface area contributed by atoms with Crippen molar-refractivity contribution in [3.63, 3.8) is 0 Å². The van der Waals surface area contributed by atoms with E-state index < -0.39 is 0 Å². The first-order chi connectivity index (χ1) is 14.2. The molecule has 0 aliphatic rings. The Morgan fingerprint density at radius 2 is 1.72 bits per heavy atom. The van der Waals surface area contributed by atoms with Gasteiger partial charge in [-0.2, -0.15) is 0 Å². The van der Waals surface area contributed by atoms with E-state index in [0.29, 0.717) is 29.1 Å². The molecule has 0 saturated heterocycles. The van der Waals surface area contributed by atoms with Gasteiger partial charge in [-0.25, -0.2) is 15.0 Å². The Labute approximate surface area is 168 Å². The number of aromatic nitrogens is 6. The molecule has 0 aliphatic heterocycles. The van der Waals surface area contributed by atoms with Crippen LogP contribution in [0.25, 0.3) is 17.2 Å². The van der Waals surface area contributed by atoms with Crippen molar-refractivity contribution in [1.82, 2.24) is 29.7 Å². The smallest absolute Gasteiger partial charge is 0.237 e. The predicted octanol–water partition coefficient (Wildman–Crippen LogP) is 3.79. The fraction of sp³-hybridized carbons (Fsp3) is 0.190. The number of nitrogens with zero attached hydrogens (tertiary/aromatic N) is 6. The molecule has 0 amide bonds. The van der Waals surface area contributed by atoms with E-state index in [1.54, 1.807) is 31.8 Å². The second kappa shape index (κ2) is 8.05. The second-order valence-corrected chi connectivity index (χ2v) is 6.27. The van der Waals surface area contributed by atoms with E-state index in [4.69, 9.17) is 9.47 Å². The minimum atomic E-state index is 0.420. The van der Waals surface area contributed by atoms with Gasteiger partial charge >= 0.3 is 0 Å². The number of benzene rings is 1. The maximum absolute atomic E-state index is 5.90. The third-order valence-corrected chi connectivity index (χ3v) is 4.44. The maximum Gasteiger partial charge on any atom is 0.237 e. The highest BCUT2D eigenvalue weighted by Gasteiger charge is 2.15. The second-order valence-electron chi connectivity index (χ2n) is 6.27. The Balaban J connectivity index is 1.63. The zero-order chi connectivity index (χ0) is 20.2. The molecule has 8 heteroatoms. The Bertz CT molecular complexity index is 1110. The lowest BCUT2D eigenvalue weighted by molar-refractivity contribution is 0.398. The lowest BCUT2D eigenvalue weighted by Crippen LogP contribution is -2.02. The molecule has 0 aliphatic carbocycles. The van der Waals surface area contributed by atoms with Crippen LogP contribution >= 0.6 is 0 Å². The molecule has 0 spiro atoms. The average molecular weight is 388 g/mol.